The summed E-state index contributed by atoms with van der Waals surface area (Å²) in [5.74, 6) is 0.709. The molecule has 0 radical (unpaired) electrons. The van der Waals surface area contributed by atoms with Gasteiger partial charge in [0.25, 0.3) is 0 Å². The van der Waals surface area contributed by atoms with Crippen LogP contribution in [0, 0.1) is 6.92 Å². The molecule has 4 heteroatoms. The van der Waals surface area contributed by atoms with Crippen molar-refractivity contribution in [3.05, 3.63) is 123 Å². The highest BCUT2D eigenvalue weighted by Gasteiger charge is 2.46. The molecule has 0 aliphatic heterocycles. The molecule has 0 aliphatic carbocycles. The van der Waals surface area contributed by atoms with Gasteiger partial charge >= 0.3 is 5.63 Å². The number of rotatable bonds is 5. The van der Waals surface area contributed by atoms with E-state index in [1.165, 1.54) is 15.9 Å². The van der Waals surface area contributed by atoms with Gasteiger partial charge < -0.3 is 4.42 Å². The Morgan fingerprint density at radius 3 is 1.55 bits per heavy atom. The minimum atomic E-state index is -2.08. The molecule has 0 spiro atoms. The number of benzene rings is 3. The van der Waals surface area contributed by atoms with Crippen molar-refractivity contribution in [2.24, 2.45) is 0 Å². The second-order valence-electron chi connectivity index (χ2n) is 6.97. The average molecular weight is 464 g/mol. The van der Waals surface area contributed by atoms with Gasteiger partial charge in [0.15, 0.2) is 0 Å². The summed E-state index contributed by atoms with van der Waals surface area (Å²) in [7, 11) is -2.08. The zero-order chi connectivity index (χ0) is 20.3. The molecule has 0 fully saturated rings. The zero-order valence-corrected chi connectivity index (χ0v) is 18.6. The Labute approximate surface area is 179 Å². The normalized spacial score (nSPS) is 11.4. The van der Waals surface area contributed by atoms with Crippen LogP contribution in [-0.2, 0) is 6.16 Å². The SMILES string of the molecule is Cc1cc(C[P+](c2ccccc2)(c2ccccc2)c2ccccc2)oc(=O)c1Br. The van der Waals surface area contributed by atoms with E-state index in [9.17, 15) is 4.79 Å². The van der Waals surface area contributed by atoms with Gasteiger partial charge in [-0.25, -0.2) is 4.79 Å². The third kappa shape index (κ3) is 3.85. The molecule has 0 unspecified atom stereocenters. The van der Waals surface area contributed by atoms with Gasteiger partial charge in [0.2, 0.25) is 0 Å². The van der Waals surface area contributed by atoms with Crippen molar-refractivity contribution in [2.75, 3.05) is 0 Å². The maximum absolute atomic E-state index is 12.4. The van der Waals surface area contributed by atoms with Gasteiger partial charge in [0.05, 0.1) is 0 Å². The van der Waals surface area contributed by atoms with Gasteiger partial charge in [-0.3, -0.25) is 0 Å². The molecule has 3 aromatic carbocycles. The van der Waals surface area contributed by atoms with E-state index in [-0.39, 0.29) is 5.63 Å². The predicted molar refractivity (Wildman–Crippen MR) is 126 cm³/mol. The topological polar surface area (TPSA) is 30.2 Å². The van der Waals surface area contributed by atoms with Crippen molar-refractivity contribution >= 4 is 39.1 Å². The molecule has 0 saturated heterocycles. The van der Waals surface area contributed by atoms with Crippen LogP contribution in [0.5, 0.6) is 0 Å². The van der Waals surface area contributed by atoms with Crippen LogP contribution in [0.25, 0.3) is 0 Å². The fraction of sp³-hybridized carbons (Fsp3) is 0.0800. The second-order valence-corrected chi connectivity index (χ2v) is 11.2. The number of halogens is 1. The number of aryl methyl sites for hydroxylation is 1. The highest BCUT2D eigenvalue weighted by molar-refractivity contribution is 9.10. The lowest BCUT2D eigenvalue weighted by molar-refractivity contribution is 0.470. The number of hydrogen-bond acceptors (Lipinski definition) is 2. The van der Waals surface area contributed by atoms with E-state index in [1.807, 2.05) is 31.2 Å². The van der Waals surface area contributed by atoms with Crippen LogP contribution >= 0.6 is 23.2 Å². The first-order valence-electron chi connectivity index (χ1n) is 9.45. The largest absolute Gasteiger partial charge is 0.423 e. The monoisotopic (exact) mass is 463 g/mol. The van der Waals surface area contributed by atoms with E-state index in [4.69, 9.17) is 4.42 Å². The highest BCUT2D eigenvalue weighted by Crippen LogP contribution is 2.58. The van der Waals surface area contributed by atoms with Gasteiger partial charge in [0, 0.05) is 0 Å². The van der Waals surface area contributed by atoms with Gasteiger partial charge in [0.1, 0.15) is 39.6 Å². The van der Waals surface area contributed by atoms with E-state index in [2.05, 4.69) is 88.7 Å². The average Bonchev–Trinajstić information content (AvgIpc) is 2.77. The summed E-state index contributed by atoms with van der Waals surface area (Å²) in [6, 6.07) is 33.7. The molecule has 29 heavy (non-hydrogen) atoms. The van der Waals surface area contributed by atoms with Crippen LogP contribution < -0.4 is 21.5 Å². The lowest BCUT2D eigenvalue weighted by Gasteiger charge is -2.27. The molecule has 2 nitrogen and oxygen atoms in total. The summed E-state index contributed by atoms with van der Waals surface area (Å²) >= 11 is 3.33. The summed E-state index contributed by atoms with van der Waals surface area (Å²) < 4.78 is 6.22. The minimum absolute atomic E-state index is 0.327. The maximum atomic E-state index is 12.4. The molecule has 0 bridgehead atoms. The van der Waals surface area contributed by atoms with Crippen LogP contribution in [0.15, 0.2) is 111 Å². The van der Waals surface area contributed by atoms with Crippen LogP contribution in [0.4, 0.5) is 0 Å². The summed E-state index contributed by atoms with van der Waals surface area (Å²) in [6.07, 6.45) is 0.647. The first kappa shape index (κ1) is 19.8. The molecule has 1 heterocycles. The van der Waals surface area contributed by atoms with Gasteiger partial charge in [-0.1, -0.05) is 54.6 Å². The summed E-state index contributed by atoms with van der Waals surface area (Å²) in [4.78, 5) is 12.4. The molecule has 0 amide bonds. The zero-order valence-electron chi connectivity index (χ0n) is 16.1. The van der Waals surface area contributed by atoms with Crippen molar-refractivity contribution in [3.8, 4) is 0 Å². The van der Waals surface area contributed by atoms with Crippen LogP contribution in [0.1, 0.15) is 11.3 Å². The smallest absolute Gasteiger partial charge is 0.350 e. The molecule has 0 saturated carbocycles. The quantitative estimate of drug-likeness (QED) is 0.380. The van der Waals surface area contributed by atoms with Crippen LogP contribution in [0.3, 0.4) is 0 Å². The molecule has 1 aromatic heterocycles. The van der Waals surface area contributed by atoms with Gasteiger partial charge in [-0.2, -0.15) is 0 Å². The Hall–Kier alpha value is -2.48. The third-order valence-electron chi connectivity index (χ3n) is 5.11. The molecular formula is C25H21BrO2P+. The third-order valence-corrected chi connectivity index (χ3v) is 10.4. The summed E-state index contributed by atoms with van der Waals surface area (Å²) in [5, 5.41) is 3.79. The fourth-order valence-electron chi connectivity index (χ4n) is 3.74. The van der Waals surface area contributed by atoms with E-state index in [1.54, 1.807) is 0 Å². The second kappa shape index (κ2) is 8.49. The molecule has 0 aliphatic rings. The first-order chi connectivity index (χ1) is 14.1. The van der Waals surface area contributed by atoms with Crippen molar-refractivity contribution in [3.63, 3.8) is 0 Å². The Morgan fingerprint density at radius 1 is 0.759 bits per heavy atom. The van der Waals surface area contributed by atoms with Crippen molar-refractivity contribution < 1.29 is 4.42 Å². The molecular weight excluding hydrogens is 443 g/mol. The van der Waals surface area contributed by atoms with Crippen LogP contribution in [0.2, 0.25) is 0 Å². The van der Waals surface area contributed by atoms with Crippen molar-refractivity contribution in [1.82, 2.24) is 0 Å². The molecule has 0 atom stereocenters. The minimum Gasteiger partial charge on any atom is -0.423 e. The summed E-state index contributed by atoms with van der Waals surface area (Å²) in [5.41, 5.74) is 0.566. The van der Waals surface area contributed by atoms with Crippen LogP contribution in [-0.4, -0.2) is 0 Å². The Balaban J connectivity index is 2.02. The molecule has 0 N–H and O–H groups in total. The van der Waals surface area contributed by atoms with E-state index in [0.29, 0.717) is 16.4 Å². The summed E-state index contributed by atoms with van der Waals surface area (Å²) in [6.45, 7) is 1.93. The maximum Gasteiger partial charge on any atom is 0.350 e. The fourth-order valence-corrected chi connectivity index (χ4v) is 8.04. The van der Waals surface area contributed by atoms with E-state index in [0.717, 1.165) is 5.56 Å². The lowest BCUT2D eigenvalue weighted by atomic mass is 10.3. The Bertz CT molecular complexity index is 1060. The first-order valence-corrected chi connectivity index (χ1v) is 12.2. The van der Waals surface area contributed by atoms with Crippen molar-refractivity contribution in [1.29, 1.82) is 0 Å². The van der Waals surface area contributed by atoms with E-state index < -0.39 is 7.26 Å². The lowest BCUT2D eigenvalue weighted by Crippen LogP contribution is -2.32. The Kier molecular flexibility index (Phi) is 5.80. The molecule has 4 rings (SSSR count). The Morgan fingerprint density at radius 2 is 1.17 bits per heavy atom. The molecule has 144 valence electrons. The van der Waals surface area contributed by atoms with Gasteiger partial charge in [-0.05, 0) is 70.9 Å². The number of hydrogen-bond donors (Lipinski definition) is 0. The standard InChI is InChI=1S/C25H21BrO2P/c1-19-17-20(28-25(27)24(19)26)18-29(21-11-5-2-6-12-21,22-13-7-3-8-14-22)23-15-9-4-10-16-23/h2-17H,18H2,1H3/q+1. The molecule has 4 aromatic rings. The van der Waals surface area contributed by atoms with E-state index >= 15 is 0 Å². The predicted octanol–water partition coefficient (Wildman–Crippen LogP) is 5.20. The van der Waals surface area contributed by atoms with Crippen molar-refractivity contribution in [2.45, 2.75) is 13.1 Å². The van der Waals surface area contributed by atoms with Gasteiger partial charge in [-0.15, -0.1) is 0 Å². The highest BCUT2D eigenvalue weighted by atomic mass is 79.9.